The van der Waals surface area contributed by atoms with Crippen LogP contribution in [0, 0.1) is 19.8 Å². The minimum atomic E-state index is -5.42. The van der Waals surface area contributed by atoms with E-state index in [1.165, 1.54) is 5.57 Å². The largest absolute Gasteiger partial charge is 0.504 e. The van der Waals surface area contributed by atoms with Gasteiger partial charge < -0.3 is 5.11 Å². The summed E-state index contributed by atoms with van der Waals surface area (Å²) in [7, 11) is 0. The fraction of sp³-hybridized carbons (Fsp3) is 0.385. The van der Waals surface area contributed by atoms with Gasteiger partial charge in [-0.3, -0.25) is 4.79 Å². The quantitative estimate of drug-likeness (QED) is 0.174. The Balaban J connectivity index is -0.000000348. The van der Waals surface area contributed by atoms with E-state index < -0.39 is 30.0 Å². The van der Waals surface area contributed by atoms with Crippen molar-refractivity contribution in [2.45, 2.75) is 32.1 Å². The normalized spacial score (nSPS) is 11.9. The monoisotopic (exact) mass is 423 g/mol. The zero-order chi connectivity index (χ0) is 17.3. The number of aliphatic hydroxyl groups is 1. The van der Waals surface area contributed by atoms with E-state index in [1.807, 2.05) is 13.3 Å². The maximum atomic E-state index is 11.4. The van der Waals surface area contributed by atoms with Crippen LogP contribution in [0.3, 0.4) is 0 Å². The zero-order valence-electron chi connectivity index (χ0n) is 11.5. The van der Waals surface area contributed by atoms with E-state index >= 15 is 0 Å². The Morgan fingerprint density at radius 2 is 1.59 bits per heavy atom. The van der Waals surface area contributed by atoms with E-state index in [1.54, 1.807) is 0 Å². The molecule has 0 fully saturated rings. The second-order valence-corrected chi connectivity index (χ2v) is 3.86. The van der Waals surface area contributed by atoms with Crippen LogP contribution < -0.4 is 0 Å². The van der Waals surface area contributed by atoms with Crippen molar-refractivity contribution in [3.63, 3.8) is 0 Å². The molecule has 0 aliphatic rings. The van der Waals surface area contributed by atoms with Gasteiger partial charge in [0.25, 0.3) is 5.78 Å². The van der Waals surface area contributed by atoms with Crippen molar-refractivity contribution in [1.29, 1.82) is 0 Å². The first kappa shape index (κ1) is 26.1. The second-order valence-electron chi connectivity index (χ2n) is 3.86. The average molecular weight is 424 g/mol. The molecule has 0 rings (SSSR count). The van der Waals surface area contributed by atoms with Gasteiger partial charge in [0.2, 0.25) is 5.76 Å². The number of carbonyl (C=O) groups excluding carboxylic acids is 1. The fourth-order valence-corrected chi connectivity index (χ4v) is 0.735. The molecule has 0 spiro atoms. The van der Waals surface area contributed by atoms with Crippen LogP contribution in [0.4, 0.5) is 26.3 Å². The molecule has 0 saturated heterocycles. The first-order valence-electron chi connectivity index (χ1n) is 5.50. The molecule has 0 bridgehead atoms. The van der Waals surface area contributed by atoms with Gasteiger partial charge in [-0.25, -0.2) is 0 Å². The van der Waals surface area contributed by atoms with Crippen LogP contribution in [-0.2, 0) is 25.2 Å². The van der Waals surface area contributed by atoms with Crippen LogP contribution in [0.2, 0.25) is 0 Å². The predicted molar refractivity (Wildman–Crippen MR) is 65.8 cm³/mol. The summed E-state index contributed by atoms with van der Waals surface area (Å²) in [6, 6.07) is 0. The second kappa shape index (κ2) is 11.7. The van der Waals surface area contributed by atoms with Crippen molar-refractivity contribution in [2.24, 2.45) is 0 Å². The average Bonchev–Trinajstić information content (AvgIpc) is 2.27. The molecule has 0 aliphatic heterocycles. The molecule has 2 nitrogen and oxygen atoms in total. The van der Waals surface area contributed by atoms with Crippen LogP contribution in [0.5, 0.6) is 0 Å². The van der Waals surface area contributed by atoms with Gasteiger partial charge in [0, 0.05) is 26.5 Å². The number of hydrogen-bond acceptors (Lipinski definition) is 2. The predicted octanol–water partition coefficient (Wildman–Crippen LogP) is 4.70. The maximum absolute atomic E-state index is 11.4. The number of ketones is 1. The summed E-state index contributed by atoms with van der Waals surface area (Å²) < 4.78 is 68.1. The van der Waals surface area contributed by atoms with E-state index in [0.717, 1.165) is 12.8 Å². The SMILES string of the molecule is O=C(/C=C(\O)C(F)(F)F)C(F)(F)F.[CH2][CH][CH]CCC(=C)C.[Pd]. The summed E-state index contributed by atoms with van der Waals surface area (Å²) in [5.74, 6) is -5.34. The number of allylic oxidation sites excluding steroid dienone is 3. The van der Waals surface area contributed by atoms with Crippen LogP contribution in [0.25, 0.3) is 0 Å². The smallest absolute Gasteiger partial charge is 0.454 e. The molecule has 0 heterocycles. The van der Waals surface area contributed by atoms with Gasteiger partial charge in [0.15, 0.2) is 0 Å². The Morgan fingerprint density at radius 3 is 1.86 bits per heavy atom. The number of hydrogen-bond donors (Lipinski definition) is 1. The molecule has 0 amide bonds. The molecule has 0 unspecified atom stereocenters. The van der Waals surface area contributed by atoms with Crippen LogP contribution in [0.1, 0.15) is 19.8 Å². The number of alkyl halides is 6. The van der Waals surface area contributed by atoms with E-state index in [-0.39, 0.29) is 20.4 Å². The number of carbonyl (C=O) groups is 1. The number of halogens is 6. The minimum absolute atomic E-state index is 0. The van der Waals surface area contributed by atoms with Crippen molar-refractivity contribution in [1.82, 2.24) is 0 Å². The molecule has 9 heteroatoms. The Bertz CT molecular complexity index is 372. The van der Waals surface area contributed by atoms with E-state index in [9.17, 15) is 31.1 Å². The van der Waals surface area contributed by atoms with Crippen LogP contribution in [0.15, 0.2) is 24.0 Å². The fourth-order valence-electron chi connectivity index (χ4n) is 0.735. The number of rotatable bonds is 5. The molecule has 0 aromatic carbocycles. The van der Waals surface area contributed by atoms with Gasteiger partial charge in [0.05, 0.1) is 0 Å². The molecule has 0 aliphatic carbocycles. The number of aliphatic hydroxyl groups excluding tert-OH is 1. The first-order valence-corrected chi connectivity index (χ1v) is 5.50. The van der Waals surface area contributed by atoms with Crippen molar-refractivity contribution < 1.29 is 56.7 Å². The standard InChI is InChI=1S/C8H13.C5H2F6O2.Pd/c1-4-5-6-7-8(2)3;6-4(7,8)2(12)1-3(13)5(9,10)11;/h4-5H,1-2,6-7H2,3H3;1,12H;/b;2-1-;. The van der Waals surface area contributed by atoms with E-state index in [4.69, 9.17) is 5.11 Å². The third kappa shape index (κ3) is 15.6. The van der Waals surface area contributed by atoms with Crippen LogP contribution in [-0.4, -0.2) is 23.2 Å². The molecule has 0 atom stereocenters. The Kier molecular flexibility index (Phi) is 13.9. The third-order valence-corrected chi connectivity index (χ3v) is 1.74. The van der Waals surface area contributed by atoms with Crippen molar-refractivity contribution >= 4 is 5.78 Å². The maximum Gasteiger partial charge on any atom is 0.454 e. The molecule has 1 N–H and O–H groups in total. The van der Waals surface area contributed by atoms with Crippen molar-refractivity contribution in [3.05, 3.63) is 43.8 Å². The number of unbranched alkanes of at least 4 members (excludes halogenated alkanes) is 2. The zero-order valence-corrected chi connectivity index (χ0v) is 13.1. The summed E-state index contributed by atoms with van der Waals surface area (Å²) in [4.78, 5) is 9.86. The minimum Gasteiger partial charge on any atom is -0.504 e. The Labute approximate surface area is 138 Å². The first-order chi connectivity index (χ1) is 9.32. The van der Waals surface area contributed by atoms with Gasteiger partial charge in [-0.1, -0.05) is 5.57 Å². The summed E-state index contributed by atoms with van der Waals surface area (Å²) in [5.41, 5.74) is 1.24. The van der Waals surface area contributed by atoms with Gasteiger partial charge in [0.1, 0.15) is 0 Å². The summed E-state index contributed by atoms with van der Waals surface area (Å²) >= 11 is 0. The summed E-state index contributed by atoms with van der Waals surface area (Å²) in [6.45, 7) is 9.38. The van der Waals surface area contributed by atoms with Gasteiger partial charge in [-0.05, 0) is 39.5 Å². The Hall–Kier alpha value is -0.808. The molecule has 0 aromatic heterocycles. The van der Waals surface area contributed by atoms with Gasteiger partial charge >= 0.3 is 12.4 Å². The Morgan fingerprint density at radius 1 is 1.14 bits per heavy atom. The molecule has 3 radical (unpaired) electrons. The molecule has 0 aromatic rings. The third-order valence-electron chi connectivity index (χ3n) is 1.74. The summed E-state index contributed by atoms with van der Waals surface area (Å²) in [6.07, 6.45) is -5.64. The van der Waals surface area contributed by atoms with Crippen LogP contribution >= 0.6 is 0 Å². The van der Waals surface area contributed by atoms with Crippen molar-refractivity contribution in [3.8, 4) is 0 Å². The topological polar surface area (TPSA) is 37.3 Å². The summed E-state index contributed by atoms with van der Waals surface area (Å²) in [5, 5.41) is 7.93. The van der Waals surface area contributed by atoms with E-state index in [0.29, 0.717) is 0 Å². The van der Waals surface area contributed by atoms with Crippen molar-refractivity contribution in [2.75, 3.05) is 0 Å². The molecule has 22 heavy (non-hydrogen) atoms. The molecular formula is C13H15F6O2Pd. The molecule has 131 valence electrons. The molecule has 0 saturated carbocycles. The van der Waals surface area contributed by atoms with Gasteiger partial charge in [-0.15, -0.1) is 6.58 Å². The van der Waals surface area contributed by atoms with E-state index in [2.05, 4.69) is 19.9 Å². The molecular weight excluding hydrogens is 409 g/mol. The van der Waals surface area contributed by atoms with Gasteiger partial charge in [-0.2, -0.15) is 26.3 Å².